The Hall–Kier alpha value is -1.79. The van der Waals surface area contributed by atoms with Crippen molar-refractivity contribution >= 4 is 18.0 Å². The minimum Gasteiger partial charge on any atom is -0.480 e. The molecule has 14 heavy (non-hydrogen) atoms. The van der Waals surface area contributed by atoms with Gasteiger partial charge in [-0.3, -0.25) is 4.79 Å². The van der Waals surface area contributed by atoms with Gasteiger partial charge in [0.25, 0.3) is 0 Å². The SMILES string of the molecule is COC(=O)C(C)NC(=O)NCC(=O)O. The Morgan fingerprint density at radius 3 is 2.43 bits per heavy atom. The lowest BCUT2D eigenvalue weighted by Crippen LogP contribution is -2.46. The van der Waals surface area contributed by atoms with Crippen molar-refractivity contribution in [2.45, 2.75) is 13.0 Å². The van der Waals surface area contributed by atoms with Gasteiger partial charge in [0, 0.05) is 0 Å². The Morgan fingerprint density at radius 2 is 2.00 bits per heavy atom. The van der Waals surface area contributed by atoms with Gasteiger partial charge >= 0.3 is 18.0 Å². The summed E-state index contributed by atoms with van der Waals surface area (Å²) in [5.41, 5.74) is 0. The number of hydrogen-bond acceptors (Lipinski definition) is 4. The van der Waals surface area contributed by atoms with Gasteiger partial charge < -0.3 is 20.5 Å². The standard InChI is InChI=1S/C7H12N2O5/c1-4(6(12)14-2)9-7(13)8-3-5(10)11/h4H,3H2,1-2H3,(H,10,11)(H2,8,9,13). The van der Waals surface area contributed by atoms with Crippen LogP contribution in [0.5, 0.6) is 0 Å². The minimum absolute atomic E-state index is 0.500. The topological polar surface area (TPSA) is 105 Å². The predicted octanol–water partition coefficient (Wildman–Crippen LogP) is -1.07. The van der Waals surface area contributed by atoms with Gasteiger partial charge in [0.2, 0.25) is 0 Å². The van der Waals surface area contributed by atoms with Gasteiger partial charge in [-0.15, -0.1) is 0 Å². The Kier molecular flexibility index (Phi) is 5.05. The van der Waals surface area contributed by atoms with Crippen LogP contribution in [-0.2, 0) is 14.3 Å². The number of carbonyl (C=O) groups excluding carboxylic acids is 2. The highest BCUT2D eigenvalue weighted by Gasteiger charge is 2.15. The number of carboxylic acid groups (broad SMARTS) is 1. The molecule has 1 unspecified atom stereocenters. The molecule has 0 aromatic rings. The van der Waals surface area contributed by atoms with Crippen molar-refractivity contribution in [3.63, 3.8) is 0 Å². The van der Waals surface area contributed by atoms with E-state index < -0.39 is 30.6 Å². The summed E-state index contributed by atoms with van der Waals surface area (Å²) in [5, 5.41) is 12.5. The zero-order valence-electron chi connectivity index (χ0n) is 7.86. The molecule has 0 rings (SSSR count). The number of esters is 1. The maximum absolute atomic E-state index is 10.9. The molecule has 0 aliphatic carbocycles. The van der Waals surface area contributed by atoms with Crippen molar-refractivity contribution in [2.24, 2.45) is 0 Å². The molecule has 7 heteroatoms. The number of carbonyl (C=O) groups is 3. The molecular formula is C7H12N2O5. The summed E-state index contributed by atoms with van der Waals surface area (Å²) in [5.74, 6) is -1.76. The van der Waals surface area contributed by atoms with E-state index in [9.17, 15) is 14.4 Å². The largest absolute Gasteiger partial charge is 0.480 e. The summed E-state index contributed by atoms with van der Waals surface area (Å²) in [6, 6.07) is -1.54. The molecular weight excluding hydrogens is 192 g/mol. The van der Waals surface area contributed by atoms with Gasteiger partial charge in [0.1, 0.15) is 12.6 Å². The first-order chi connectivity index (χ1) is 6.47. The summed E-state index contributed by atoms with van der Waals surface area (Å²) < 4.78 is 4.34. The van der Waals surface area contributed by atoms with Crippen LogP contribution in [0.2, 0.25) is 0 Å². The van der Waals surface area contributed by atoms with Gasteiger partial charge in [-0.05, 0) is 6.92 Å². The predicted molar refractivity (Wildman–Crippen MR) is 45.6 cm³/mol. The summed E-state index contributed by atoms with van der Waals surface area (Å²) in [6.45, 7) is 0.923. The fraction of sp³-hybridized carbons (Fsp3) is 0.571. The lowest BCUT2D eigenvalue weighted by molar-refractivity contribution is -0.142. The summed E-state index contributed by atoms with van der Waals surface area (Å²) >= 11 is 0. The quantitative estimate of drug-likeness (QED) is 0.506. The monoisotopic (exact) mass is 204 g/mol. The van der Waals surface area contributed by atoms with Crippen molar-refractivity contribution in [3.8, 4) is 0 Å². The molecule has 7 nitrogen and oxygen atoms in total. The van der Waals surface area contributed by atoms with Crippen molar-refractivity contribution < 1.29 is 24.2 Å². The van der Waals surface area contributed by atoms with E-state index in [1.165, 1.54) is 14.0 Å². The summed E-state index contributed by atoms with van der Waals surface area (Å²) in [4.78, 5) is 31.7. The van der Waals surface area contributed by atoms with E-state index >= 15 is 0 Å². The van der Waals surface area contributed by atoms with Crippen LogP contribution in [0, 0.1) is 0 Å². The average molecular weight is 204 g/mol. The van der Waals surface area contributed by atoms with E-state index in [2.05, 4.69) is 10.1 Å². The fourth-order valence-electron chi connectivity index (χ4n) is 0.639. The molecule has 0 aromatic carbocycles. The Labute approximate surface area is 80.4 Å². The normalized spacial score (nSPS) is 11.3. The highest BCUT2D eigenvalue weighted by atomic mass is 16.5. The second-order valence-electron chi connectivity index (χ2n) is 2.47. The number of aliphatic carboxylic acids is 1. The third kappa shape index (κ3) is 4.96. The molecule has 0 aliphatic rings. The molecule has 80 valence electrons. The van der Waals surface area contributed by atoms with Crippen LogP contribution in [0.15, 0.2) is 0 Å². The highest BCUT2D eigenvalue weighted by Crippen LogP contribution is 1.84. The van der Waals surface area contributed by atoms with E-state index in [1.807, 2.05) is 5.32 Å². The molecule has 2 amide bonds. The first-order valence-corrected chi connectivity index (χ1v) is 3.81. The van der Waals surface area contributed by atoms with Crippen LogP contribution in [0.3, 0.4) is 0 Å². The number of urea groups is 1. The second kappa shape index (κ2) is 5.79. The van der Waals surface area contributed by atoms with Gasteiger partial charge in [0.05, 0.1) is 7.11 Å². The molecule has 0 heterocycles. The molecule has 0 radical (unpaired) electrons. The molecule has 0 aromatic heterocycles. The second-order valence-corrected chi connectivity index (χ2v) is 2.47. The highest BCUT2D eigenvalue weighted by molar-refractivity contribution is 5.85. The molecule has 0 spiro atoms. The lowest BCUT2D eigenvalue weighted by Gasteiger charge is -2.11. The molecule has 0 aliphatic heterocycles. The third-order valence-electron chi connectivity index (χ3n) is 1.30. The smallest absolute Gasteiger partial charge is 0.328 e. The number of ether oxygens (including phenoxy) is 1. The number of hydrogen-bond donors (Lipinski definition) is 3. The first-order valence-electron chi connectivity index (χ1n) is 3.81. The van der Waals surface area contributed by atoms with Crippen molar-refractivity contribution in [3.05, 3.63) is 0 Å². The maximum Gasteiger partial charge on any atom is 0.328 e. The van der Waals surface area contributed by atoms with Gasteiger partial charge in [-0.1, -0.05) is 0 Å². The number of amides is 2. The number of nitrogens with one attached hydrogen (secondary N) is 2. The Morgan fingerprint density at radius 1 is 1.43 bits per heavy atom. The number of methoxy groups -OCH3 is 1. The summed E-state index contributed by atoms with van der Waals surface area (Å²) in [7, 11) is 1.19. The molecule has 0 saturated heterocycles. The molecule has 1 atom stereocenters. The van der Waals surface area contributed by atoms with Crippen LogP contribution in [0.4, 0.5) is 4.79 Å². The Bertz CT molecular complexity index is 240. The van der Waals surface area contributed by atoms with Crippen molar-refractivity contribution in [1.82, 2.24) is 10.6 Å². The van der Waals surface area contributed by atoms with Gasteiger partial charge in [-0.25, -0.2) is 9.59 Å². The van der Waals surface area contributed by atoms with Gasteiger partial charge in [-0.2, -0.15) is 0 Å². The third-order valence-corrected chi connectivity index (χ3v) is 1.30. The minimum atomic E-state index is -1.16. The van der Waals surface area contributed by atoms with E-state index in [1.54, 1.807) is 0 Å². The van der Waals surface area contributed by atoms with Crippen molar-refractivity contribution in [2.75, 3.05) is 13.7 Å². The van der Waals surface area contributed by atoms with E-state index in [0.717, 1.165) is 0 Å². The fourth-order valence-corrected chi connectivity index (χ4v) is 0.639. The summed E-state index contributed by atoms with van der Waals surface area (Å²) in [6.07, 6.45) is 0. The van der Waals surface area contributed by atoms with Crippen LogP contribution in [0.1, 0.15) is 6.92 Å². The van der Waals surface area contributed by atoms with Crippen molar-refractivity contribution in [1.29, 1.82) is 0 Å². The van der Waals surface area contributed by atoms with E-state index in [4.69, 9.17) is 5.11 Å². The Balaban J connectivity index is 3.82. The van der Waals surface area contributed by atoms with Crippen LogP contribution < -0.4 is 10.6 Å². The zero-order chi connectivity index (χ0) is 11.1. The van der Waals surface area contributed by atoms with Crippen LogP contribution in [0.25, 0.3) is 0 Å². The average Bonchev–Trinajstić information content (AvgIpc) is 2.13. The van der Waals surface area contributed by atoms with E-state index in [0.29, 0.717) is 0 Å². The number of rotatable bonds is 4. The first kappa shape index (κ1) is 12.2. The molecule has 0 bridgehead atoms. The molecule has 3 N–H and O–H groups in total. The number of carboxylic acids is 1. The maximum atomic E-state index is 10.9. The molecule has 0 saturated carbocycles. The van der Waals surface area contributed by atoms with Gasteiger partial charge in [0.15, 0.2) is 0 Å². The lowest BCUT2D eigenvalue weighted by atomic mass is 10.3. The zero-order valence-corrected chi connectivity index (χ0v) is 7.86. The molecule has 0 fully saturated rings. The van der Waals surface area contributed by atoms with Crippen LogP contribution in [-0.4, -0.2) is 42.8 Å². The van der Waals surface area contributed by atoms with Crippen LogP contribution >= 0.6 is 0 Å². The van der Waals surface area contributed by atoms with E-state index in [-0.39, 0.29) is 0 Å².